The van der Waals surface area contributed by atoms with Gasteiger partial charge in [0.25, 0.3) is 0 Å². The van der Waals surface area contributed by atoms with Gasteiger partial charge in [0.05, 0.1) is 11.5 Å². The Morgan fingerprint density at radius 3 is 2.30 bits per heavy atom. The molecule has 6 nitrogen and oxygen atoms in total. The summed E-state index contributed by atoms with van der Waals surface area (Å²) < 4.78 is 0. The van der Waals surface area contributed by atoms with Crippen LogP contribution in [0, 0.1) is 0 Å². The highest BCUT2D eigenvalue weighted by molar-refractivity contribution is 8.00. The summed E-state index contributed by atoms with van der Waals surface area (Å²) in [6.45, 7) is 0. The number of amides is 1. The third-order valence-corrected chi connectivity index (χ3v) is 3.29. The average molecular weight is 297 g/mol. The van der Waals surface area contributed by atoms with Crippen LogP contribution in [0.3, 0.4) is 0 Å². The van der Waals surface area contributed by atoms with Gasteiger partial charge in [-0.1, -0.05) is 30.3 Å². The van der Waals surface area contributed by atoms with Gasteiger partial charge in [-0.15, -0.1) is 11.8 Å². The molecule has 0 saturated heterocycles. The predicted octanol–water partition coefficient (Wildman–Crippen LogP) is 0.616. The normalized spacial score (nSPS) is 11.6. The molecule has 0 bridgehead atoms. The van der Waals surface area contributed by atoms with Crippen LogP contribution in [0.4, 0.5) is 0 Å². The molecular formula is C13H15NO5S. The minimum atomic E-state index is -1.12. The van der Waals surface area contributed by atoms with Gasteiger partial charge < -0.3 is 15.5 Å². The van der Waals surface area contributed by atoms with Crippen molar-refractivity contribution in [1.82, 2.24) is 5.32 Å². The lowest BCUT2D eigenvalue weighted by Gasteiger charge is -2.14. The van der Waals surface area contributed by atoms with Crippen LogP contribution in [0.25, 0.3) is 0 Å². The van der Waals surface area contributed by atoms with Gasteiger partial charge in [0, 0.05) is 6.42 Å². The molecule has 0 aliphatic heterocycles. The van der Waals surface area contributed by atoms with Crippen molar-refractivity contribution in [3.05, 3.63) is 35.9 Å². The number of carbonyl (C=O) groups excluding carboxylic acids is 1. The molecule has 108 valence electrons. The molecule has 1 atom stereocenters. The Kier molecular flexibility index (Phi) is 6.58. The number of benzene rings is 1. The second-order valence-electron chi connectivity index (χ2n) is 4.03. The molecule has 0 radical (unpaired) electrons. The summed E-state index contributed by atoms with van der Waals surface area (Å²) in [6.07, 6.45) is 0.186. The van der Waals surface area contributed by atoms with E-state index in [4.69, 9.17) is 10.2 Å². The Morgan fingerprint density at radius 1 is 1.10 bits per heavy atom. The Morgan fingerprint density at radius 2 is 1.75 bits per heavy atom. The summed E-state index contributed by atoms with van der Waals surface area (Å²) in [6, 6.07) is 7.94. The zero-order chi connectivity index (χ0) is 15.0. The summed E-state index contributed by atoms with van der Waals surface area (Å²) in [7, 11) is 0. The number of carbonyl (C=O) groups is 3. The fraction of sp³-hybridized carbons (Fsp3) is 0.308. The molecule has 1 aromatic carbocycles. The quantitative estimate of drug-likeness (QED) is 0.650. The third-order valence-electron chi connectivity index (χ3n) is 2.37. The minimum absolute atomic E-state index is 0.0785. The van der Waals surface area contributed by atoms with E-state index < -0.39 is 23.9 Å². The Balaban J connectivity index is 2.49. The largest absolute Gasteiger partial charge is 0.481 e. The monoisotopic (exact) mass is 297 g/mol. The van der Waals surface area contributed by atoms with Gasteiger partial charge in [-0.3, -0.25) is 9.59 Å². The van der Waals surface area contributed by atoms with Crippen molar-refractivity contribution in [2.45, 2.75) is 12.5 Å². The first-order valence-electron chi connectivity index (χ1n) is 5.84. The van der Waals surface area contributed by atoms with Crippen molar-refractivity contribution in [3.8, 4) is 0 Å². The van der Waals surface area contributed by atoms with Gasteiger partial charge in [-0.2, -0.15) is 0 Å². The lowest BCUT2D eigenvalue weighted by molar-refractivity contribution is -0.141. The number of nitrogens with one attached hydrogen (secondary N) is 1. The first kappa shape index (κ1) is 16.0. The van der Waals surface area contributed by atoms with Crippen LogP contribution < -0.4 is 5.32 Å². The maximum absolute atomic E-state index is 11.5. The van der Waals surface area contributed by atoms with E-state index >= 15 is 0 Å². The standard InChI is InChI=1S/C13H15NO5S/c15-11(7-20-8-12(16)17)14-10(13(18)19)6-9-4-2-1-3-5-9/h1-5,10H,6-8H2,(H,14,15)(H,16,17)(H,18,19)/t10-/m0/s1. The number of rotatable bonds is 8. The molecule has 7 heteroatoms. The maximum atomic E-state index is 11.5. The van der Waals surface area contributed by atoms with E-state index in [-0.39, 0.29) is 17.9 Å². The number of aliphatic carboxylic acids is 2. The van der Waals surface area contributed by atoms with Gasteiger partial charge in [-0.25, -0.2) is 4.79 Å². The minimum Gasteiger partial charge on any atom is -0.481 e. The number of carboxylic acid groups (broad SMARTS) is 2. The molecule has 20 heavy (non-hydrogen) atoms. The lowest BCUT2D eigenvalue weighted by atomic mass is 10.1. The first-order valence-corrected chi connectivity index (χ1v) is 7.00. The molecule has 1 amide bonds. The summed E-state index contributed by atoms with van der Waals surface area (Å²) in [5.41, 5.74) is 0.804. The van der Waals surface area contributed by atoms with Gasteiger partial charge in [0.1, 0.15) is 6.04 Å². The van der Waals surface area contributed by atoms with E-state index in [9.17, 15) is 14.4 Å². The van der Waals surface area contributed by atoms with Crippen LogP contribution >= 0.6 is 11.8 Å². The zero-order valence-electron chi connectivity index (χ0n) is 10.6. The van der Waals surface area contributed by atoms with E-state index in [0.717, 1.165) is 17.3 Å². The molecule has 0 spiro atoms. The molecule has 0 heterocycles. The van der Waals surface area contributed by atoms with E-state index in [1.165, 1.54) is 0 Å². The molecular weight excluding hydrogens is 282 g/mol. The smallest absolute Gasteiger partial charge is 0.326 e. The average Bonchev–Trinajstić information content (AvgIpc) is 2.38. The summed E-state index contributed by atoms with van der Waals surface area (Å²) in [4.78, 5) is 33.0. The lowest BCUT2D eigenvalue weighted by Crippen LogP contribution is -2.43. The maximum Gasteiger partial charge on any atom is 0.326 e. The first-order chi connectivity index (χ1) is 9.49. The van der Waals surface area contributed by atoms with Crippen LogP contribution in [-0.4, -0.2) is 45.6 Å². The van der Waals surface area contributed by atoms with Crippen LogP contribution in [0.1, 0.15) is 5.56 Å². The molecule has 0 aliphatic carbocycles. The zero-order valence-corrected chi connectivity index (χ0v) is 11.4. The number of thioether (sulfide) groups is 1. The molecule has 0 fully saturated rings. The summed E-state index contributed by atoms with van der Waals surface area (Å²) in [5, 5.41) is 19.9. The van der Waals surface area contributed by atoms with E-state index in [1.54, 1.807) is 24.3 Å². The van der Waals surface area contributed by atoms with Crippen LogP contribution in [0.2, 0.25) is 0 Å². The molecule has 3 N–H and O–H groups in total. The van der Waals surface area contributed by atoms with Crippen LogP contribution in [0.5, 0.6) is 0 Å². The van der Waals surface area contributed by atoms with Crippen LogP contribution in [0.15, 0.2) is 30.3 Å². The van der Waals surface area contributed by atoms with E-state index in [2.05, 4.69) is 5.32 Å². The molecule has 1 rings (SSSR count). The van der Waals surface area contributed by atoms with Crippen molar-refractivity contribution in [2.75, 3.05) is 11.5 Å². The number of carboxylic acids is 2. The Bertz CT molecular complexity index is 477. The van der Waals surface area contributed by atoms with E-state index in [0.29, 0.717) is 0 Å². The van der Waals surface area contributed by atoms with Gasteiger partial charge in [0.2, 0.25) is 5.91 Å². The Hall–Kier alpha value is -2.02. The van der Waals surface area contributed by atoms with Crippen molar-refractivity contribution in [1.29, 1.82) is 0 Å². The summed E-state index contributed by atoms with van der Waals surface area (Å²) in [5.74, 6) is -2.89. The molecule has 0 aliphatic rings. The molecule has 0 unspecified atom stereocenters. The number of hydrogen-bond donors (Lipinski definition) is 3. The molecule has 1 aromatic rings. The van der Waals surface area contributed by atoms with Gasteiger partial charge in [-0.05, 0) is 5.56 Å². The fourth-order valence-corrected chi connectivity index (χ4v) is 2.06. The highest BCUT2D eigenvalue weighted by Crippen LogP contribution is 2.05. The Labute approximate surface area is 120 Å². The highest BCUT2D eigenvalue weighted by atomic mass is 32.2. The van der Waals surface area contributed by atoms with Crippen LogP contribution in [-0.2, 0) is 20.8 Å². The highest BCUT2D eigenvalue weighted by Gasteiger charge is 2.20. The predicted molar refractivity (Wildman–Crippen MR) is 74.7 cm³/mol. The third kappa shape index (κ3) is 6.24. The number of hydrogen-bond acceptors (Lipinski definition) is 4. The topological polar surface area (TPSA) is 104 Å². The molecule has 0 aromatic heterocycles. The second kappa shape index (κ2) is 8.21. The van der Waals surface area contributed by atoms with Crippen molar-refractivity contribution >= 4 is 29.6 Å². The molecule has 0 saturated carbocycles. The second-order valence-corrected chi connectivity index (χ2v) is 5.02. The van der Waals surface area contributed by atoms with E-state index in [1.807, 2.05) is 6.07 Å². The van der Waals surface area contributed by atoms with Crippen molar-refractivity contribution in [3.63, 3.8) is 0 Å². The van der Waals surface area contributed by atoms with Crippen molar-refractivity contribution < 1.29 is 24.6 Å². The fourth-order valence-electron chi connectivity index (χ4n) is 1.52. The van der Waals surface area contributed by atoms with Gasteiger partial charge >= 0.3 is 11.9 Å². The summed E-state index contributed by atoms with van der Waals surface area (Å²) >= 11 is 0.925. The van der Waals surface area contributed by atoms with Crippen molar-refractivity contribution in [2.24, 2.45) is 0 Å². The SMILES string of the molecule is O=C(O)CSCC(=O)N[C@@H](Cc1ccccc1)C(=O)O. The van der Waals surface area contributed by atoms with Gasteiger partial charge in [0.15, 0.2) is 0 Å².